The van der Waals surface area contributed by atoms with Gasteiger partial charge in [-0.05, 0) is 6.92 Å². The summed E-state index contributed by atoms with van der Waals surface area (Å²) in [7, 11) is 0. The third-order valence-electron chi connectivity index (χ3n) is 2.77. The van der Waals surface area contributed by atoms with E-state index in [-0.39, 0.29) is 16.7 Å². The Labute approximate surface area is 104 Å². The van der Waals surface area contributed by atoms with Crippen LogP contribution in [0.15, 0.2) is 36.7 Å². The van der Waals surface area contributed by atoms with Crippen molar-refractivity contribution >= 4 is 5.69 Å². The molecule has 1 aromatic carbocycles. The molecule has 1 atom stereocenters. The molecule has 2 N–H and O–H groups in total. The van der Waals surface area contributed by atoms with Crippen molar-refractivity contribution in [3.8, 4) is 0 Å². The average molecular weight is 246 g/mol. The van der Waals surface area contributed by atoms with E-state index < -0.39 is 0 Å². The number of rotatable bonds is 5. The van der Waals surface area contributed by atoms with Gasteiger partial charge in [0, 0.05) is 36.0 Å². The van der Waals surface area contributed by atoms with Gasteiger partial charge < -0.3 is 5.32 Å². The van der Waals surface area contributed by atoms with Crippen molar-refractivity contribution < 1.29 is 4.92 Å². The van der Waals surface area contributed by atoms with E-state index in [2.05, 4.69) is 15.5 Å². The lowest BCUT2D eigenvalue weighted by Crippen LogP contribution is -2.18. The molecular weight excluding hydrogens is 232 g/mol. The maximum atomic E-state index is 10.9. The number of hydrogen-bond acceptors (Lipinski definition) is 4. The van der Waals surface area contributed by atoms with Crippen molar-refractivity contribution in [2.24, 2.45) is 0 Å². The van der Waals surface area contributed by atoms with E-state index in [1.165, 1.54) is 6.07 Å². The van der Waals surface area contributed by atoms with Gasteiger partial charge in [-0.2, -0.15) is 5.10 Å². The number of benzene rings is 1. The lowest BCUT2D eigenvalue weighted by Gasteiger charge is -2.13. The third-order valence-corrected chi connectivity index (χ3v) is 2.77. The molecule has 0 radical (unpaired) electrons. The van der Waals surface area contributed by atoms with Crippen LogP contribution in [0.2, 0.25) is 0 Å². The smallest absolute Gasteiger partial charge is 0.274 e. The molecule has 1 heterocycles. The average Bonchev–Trinajstić information content (AvgIpc) is 2.89. The Morgan fingerprint density at radius 2 is 2.28 bits per heavy atom. The lowest BCUT2D eigenvalue weighted by atomic mass is 10.1. The van der Waals surface area contributed by atoms with E-state index in [9.17, 15) is 10.1 Å². The standard InChI is InChI=1S/C12H14N4O2/c1-9(13-6-10-7-14-15-8-10)11-4-2-3-5-12(11)16(17)18/h2-5,7-9,13H,6H2,1H3,(H,14,15). The highest BCUT2D eigenvalue weighted by molar-refractivity contribution is 5.41. The summed E-state index contributed by atoms with van der Waals surface area (Å²) in [5.41, 5.74) is 1.84. The number of nitrogens with zero attached hydrogens (tertiary/aromatic N) is 2. The minimum atomic E-state index is -0.356. The van der Waals surface area contributed by atoms with Crippen molar-refractivity contribution in [1.82, 2.24) is 15.5 Å². The molecule has 0 aliphatic rings. The molecule has 1 unspecified atom stereocenters. The fourth-order valence-electron chi connectivity index (χ4n) is 1.78. The predicted octanol–water partition coefficient (Wildman–Crippen LogP) is 2.17. The van der Waals surface area contributed by atoms with Crippen molar-refractivity contribution in [1.29, 1.82) is 0 Å². The Hall–Kier alpha value is -2.21. The molecule has 0 saturated carbocycles. The van der Waals surface area contributed by atoms with Gasteiger partial charge in [-0.3, -0.25) is 15.2 Å². The van der Waals surface area contributed by atoms with Crippen LogP contribution in [-0.2, 0) is 6.54 Å². The number of nitro groups is 1. The van der Waals surface area contributed by atoms with Gasteiger partial charge in [-0.1, -0.05) is 18.2 Å². The van der Waals surface area contributed by atoms with Gasteiger partial charge in [0.05, 0.1) is 11.1 Å². The Morgan fingerprint density at radius 1 is 1.50 bits per heavy atom. The second-order valence-corrected chi connectivity index (χ2v) is 4.03. The van der Waals surface area contributed by atoms with Crippen LogP contribution in [0.25, 0.3) is 0 Å². The summed E-state index contributed by atoms with van der Waals surface area (Å²) in [4.78, 5) is 10.6. The summed E-state index contributed by atoms with van der Waals surface area (Å²) >= 11 is 0. The second-order valence-electron chi connectivity index (χ2n) is 4.03. The Kier molecular flexibility index (Phi) is 3.69. The molecule has 0 aliphatic heterocycles. The van der Waals surface area contributed by atoms with Gasteiger partial charge in [-0.25, -0.2) is 0 Å². The van der Waals surface area contributed by atoms with Crippen LogP contribution in [0.4, 0.5) is 5.69 Å². The van der Waals surface area contributed by atoms with Crippen LogP contribution in [0.3, 0.4) is 0 Å². The van der Waals surface area contributed by atoms with Crippen LogP contribution >= 0.6 is 0 Å². The molecular formula is C12H14N4O2. The molecule has 0 spiro atoms. The Balaban J connectivity index is 2.09. The summed E-state index contributed by atoms with van der Waals surface area (Å²) in [6.07, 6.45) is 3.51. The molecule has 0 fully saturated rings. The van der Waals surface area contributed by atoms with E-state index in [1.807, 2.05) is 6.92 Å². The SMILES string of the molecule is CC(NCc1cn[nH]c1)c1ccccc1[N+](=O)[O-]. The lowest BCUT2D eigenvalue weighted by molar-refractivity contribution is -0.385. The zero-order valence-corrected chi connectivity index (χ0v) is 9.96. The van der Waals surface area contributed by atoms with Gasteiger partial charge in [0.25, 0.3) is 5.69 Å². The molecule has 2 rings (SSSR count). The number of aromatic amines is 1. The molecule has 0 bridgehead atoms. The first kappa shape index (κ1) is 12.3. The van der Waals surface area contributed by atoms with Gasteiger partial charge in [0.1, 0.15) is 0 Å². The summed E-state index contributed by atoms with van der Waals surface area (Å²) in [6.45, 7) is 2.52. The first-order valence-corrected chi connectivity index (χ1v) is 5.63. The summed E-state index contributed by atoms with van der Waals surface area (Å²) in [6, 6.07) is 6.67. The van der Waals surface area contributed by atoms with Crippen molar-refractivity contribution in [3.63, 3.8) is 0 Å². The van der Waals surface area contributed by atoms with Crippen molar-refractivity contribution in [2.45, 2.75) is 19.5 Å². The van der Waals surface area contributed by atoms with E-state index in [0.29, 0.717) is 12.1 Å². The molecule has 1 aromatic heterocycles. The van der Waals surface area contributed by atoms with E-state index >= 15 is 0 Å². The molecule has 6 nitrogen and oxygen atoms in total. The second kappa shape index (κ2) is 5.42. The third kappa shape index (κ3) is 2.72. The normalized spacial score (nSPS) is 12.3. The van der Waals surface area contributed by atoms with Crippen LogP contribution in [0.5, 0.6) is 0 Å². The first-order valence-electron chi connectivity index (χ1n) is 5.63. The zero-order chi connectivity index (χ0) is 13.0. The van der Waals surface area contributed by atoms with E-state index in [4.69, 9.17) is 0 Å². The Bertz CT molecular complexity index is 525. The number of hydrogen-bond donors (Lipinski definition) is 2. The fraction of sp³-hybridized carbons (Fsp3) is 0.250. The minimum Gasteiger partial charge on any atom is -0.306 e. The van der Waals surface area contributed by atoms with Crippen molar-refractivity contribution in [2.75, 3.05) is 0 Å². The monoisotopic (exact) mass is 246 g/mol. The highest BCUT2D eigenvalue weighted by atomic mass is 16.6. The molecule has 0 saturated heterocycles. The molecule has 6 heteroatoms. The predicted molar refractivity (Wildman–Crippen MR) is 66.9 cm³/mol. The molecule has 0 aliphatic carbocycles. The van der Waals surface area contributed by atoms with Gasteiger partial charge in [-0.15, -0.1) is 0 Å². The number of para-hydroxylation sites is 1. The summed E-state index contributed by atoms with van der Waals surface area (Å²) in [5, 5.41) is 20.7. The molecule has 0 amide bonds. The highest BCUT2D eigenvalue weighted by Gasteiger charge is 2.17. The van der Waals surface area contributed by atoms with Crippen LogP contribution in [0.1, 0.15) is 24.1 Å². The first-order chi connectivity index (χ1) is 8.68. The van der Waals surface area contributed by atoms with Gasteiger partial charge in [0.2, 0.25) is 0 Å². The topological polar surface area (TPSA) is 83.8 Å². The Morgan fingerprint density at radius 3 is 2.94 bits per heavy atom. The fourth-order valence-corrected chi connectivity index (χ4v) is 1.78. The van der Waals surface area contributed by atoms with Crippen LogP contribution < -0.4 is 5.32 Å². The van der Waals surface area contributed by atoms with Crippen LogP contribution in [-0.4, -0.2) is 15.1 Å². The minimum absolute atomic E-state index is 0.0958. The number of aromatic nitrogens is 2. The summed E-state index contributed by atoms with van der Waals surface area (Å²) in [5.74, 6) is 0. The number of H-pyrrole nitrogens is 1. The zero-order valence-electron chi connectivity index (χ0n) is 9.96. The van der Waals surface area contributed by atoms with Gasteiger partial charge in [0.15, 0.2) is 0 Å². The maximum Gasteiger partial charge on any atom is 0.274 e. The molecule has 18 heavy (non-hydrogen) atoms. The number of nitrogens with one attached hydrogen (secondary N) is 2. The van der Waals surface area contributed by atoms with E-state index in [1.54, 1.807) is 30.6 Å². The molecule has 94 valence electrons. The van der Waals surface area contributed by atoms with E-state index in [0.717, 1.165) is 5.56 Å². The largest absolute Gasteiger partial charge is 0.306 e. The highest BCUT2D eigenvalue weighted by Crippen LogP contribution is 2.24. The van der Waals surface area contributed by atoms with Gasteiger partial charge >= 0.3 is 0 Å². The number of nitro benzene ring substituents is 1. The summed E-state index contributed by atoms with van der Waals surface area (Å²) < 4.78 is 0. The van der Waals surface area contributed by atoms with Crippen LogP contribution in [0, 0.1) is 10.1 Å². The molecule has 2 aromatic rings. The van der Waals surface area contributed by atoms with Crippen molar-refractivity contribution in [3.05, 3.63) is 57.9 Å². The quantitative estimate of drug-likeness (QED) is 0.625. The maximum absolute atomic E-state index is 10.9.